The van der Waals surface area contributed by atoms with Gasteiger partial charge in [0.15, 0.2) is 0 Å². The highest BCUT2D eigenvalue weighted by atomic mass is 15.3. The van der Waals surface area contributed by atoms with Gasteiger partial charge in [0.1, 0.15) is 0 Å². The standard InChI is InChI=1S/C61H72BN3/c1-39-33-48-55-50(34-39)62-49-30-25-43(59(11,12)13)36-51(49)64(46-20-18-19-42(35-46)58(8,9)10)52-37-47(38-53(54(52)62)65(55)61(15)32-17-16-31-60(48,61)14)63(44-26-21-40(22-27-44)56(2,3)4)45-28-23-41(24-29-45)57(5,6)7/h18-30,33-38H,16-17,31-32H2,1-15H3. The smallest absolute Gasteiger partial charge is 0.252 e. The molecule has 334 valence electrons. The molecule has 1 saturated carbocycles. The van der Waals surface area contributed by atoms with Gasteiger partial charge in [0.05, 0.1) is 11.2 Å². The molecule has 65 heavy (non-hydrogen) atoms. The van der Waals surface area contributed by atoms with Gasteiger partial charge in [0.2, 0.25) is 0 Å². The van der Waals surface area contributed by atoms with Crippen LogP contribution in [0.15, 0.2) is 115 Å². The minimum atomic E-state index is -0.0889. The van der Waals surface area contributed by atoms with Gasteiger partial charge in [-0.3, -0.25) is 0 Å². The molecule has 0 N–H and O–H groups in total. The van der Waals surface area contributed by atoms with Crippen LogP contribution in [0.2, 0.25) is 0 Å². The largest absolute Gasteiger partial charge is 0.335 e. The van der Waals surface area contributed by atoms with Crippen LogP contribution in [0.5, 0.6) is 0 Å². The van der Waals surface area contributed by atoms with E-state index in [0.29, 0.717) is 0 Å². The number of hydrogen-bond donors (Lipinski definition) is 0. The Bertz CT molecular complexity index is 2800. The predicted octanol–water partition coefficient (Wildman–Crippen LogP) is 15.0. The first-order valence-electron chi connectivity index (χ1n) is 24.6. The molecule has 0 saturated heterocycles. The molecule has 3 heterocycles. The van der Waals surface area contributed by atoms with Crippen LogP contribution in [-0.4, -0.2) is 12.3 Å². The molecule has 2 unspecified atom stereocenters. The van der Waals surface area contributed by atoms with E-state index in [0.717, 1.165) is 6.42 Å². The second-order valence-electron chi connectivity index (χ2n) is 24.8. The normalized spacial score (nSPS) is 20.0. The van der Waals surface area contributed by atoms with Gasteiger partial charge < -0.3 is 14.7 Å². The van der Waals surface area contributed by atoms with E-state index < -0.39 is 0 Å². The van der Waals surface area contributed by atoms with E-state index in [9.17, 15) is 0 Å². The number of hydrogen-bond acceptors (Lipinski definition) is 3. The molecule has 0 aromatic heterocycles. The van der Waals surface area contributed by atoms with Crippen LogP contribution in [0.1, 0.15) is 156 Å². The Kier molecular flexibility index (Phi) is 9.67. The SMILES string of the molecule is Cc1cc2c3c(c1)C1(C)CCCCC1(C)N3c1cc(N(c3ccc(C(C)(C)C)cc3)c3ccc(C(C)(C)C)cc3)cc3c1B2c1ccc(C(C)(C)C)cc1N3c1cccc(C(C)(C)C)c1. The van der Waals surface area contributed by atoms with E-state index in [-0.39, 0.29) is 39.3 Å². The zero-order valence-electron chi connectivity index (χ0n) is 42.2. The van der Waals surface area contributed by atoms with Crippen molar-refractivity contribution >= 4 is 68.6 Å². The average Bonchev–Trinajstić information content (AvgIpc) is 3.44. The zero-order chi connectivity index (χ0) is 46.4. The number of anilines is 8. The first kappa shape index (κ1) is 43.7. The molecule has 0 amide bonds. The lowest BCUT2D eigenvalue weighted by Gasteiger charge is -2.53. The quantitative estimate of drug-likeness (QED) is 0.163. The lowest BCUT2D eigenvalue weighted by Crippen LogP contribution is -2.64. The van der Waals surface area contributed by atoms with Crippen LogP contribution in [0.25, 0.3) is 0 Å². The molecule has 4 heteroatoms. The molecule has 3 nitrogen and oxygen atoms in total. The highest BCUT2D eigenvalue weighted by Gasteiger charge is 2.61. The van der Waals surface area contributed by atoms with Gasteiger partial charge >= 0.3 is 0 Å². The summed E-state index contributed by atoms with van der Waals surface area (Å²) in [6, 6.07) is 45.9. The monoisotopic (exact) mass is 858 g/mol. The molecule has 6 aromatic rings. The summed E-state index contributed by atoms with van der Waals surface area (Å²) in [7, 11) is 0. The minimum Gasteiger partial charge on any atom is -0.335 e. The summed E-state index contributed by atoms with van der Waals surface area (Å²) in [5, 5.41) is 0. The molecule has 0 radical (unpaired) electrons. The Balaban J connectivity index is 1.34. The topological polar surface area (TPSA) is 9.72 Å². The van der Waals surface area contributed by atoms with Crippen molar-refractivity contribution in [1.29, 1.82) is 0 Å². The summed E-state index contributed by atoms with van der Waals surface area (Å²) in [5.74, 6) is 0. The summed E-state index contributed by atoms with van der Waals surface area (Å²) >= 11 is 0. The Morgan fingerprint density at radius 1 is 0.508 bits per heavy atom. The molecule has 4 aliphatic rings. The van der Waals surface area contributed by atoms with E-state index >= 15 is 0 Å². The van der Waals surface area contributed by atoms with Crippen LogP contribution in [0, 0.1) is 6.92 Å². The highest BCUT2D eigenvalue weighted by Crippen LogP contribution is 2.62. The highest BCUT2D eigenvalue weighted by molar-refractivity contribution is 7.00. The number of nitrogens with zero attached hydrogens (tertiary/aromatic N) is 3. The van der Waals surface area contributed by atoms with Crippen LogP contribution >= 0.6 is 0 Å². The molecule has 0 bridgehead atoms. The van der Waals surface area contributed by atoms with Gasteiger partial charge in [-0.05, 0) is 147 Å². The van der Waals surface area contributed by atoms with Gasteiger partial charge in [0.25, 0.3) is 6.71 Å². The predicted molar refractivity (Wildman–Crippen MR) is 283 cm³/mol. The van der Waals surface area contributed by atoms with Crippen molar-refractivity contribution in [2.75, 3.05) is 14.7 Å². The Labute approximate surface area is 392 Å². The van der Waals surface area contributed by atoms with Gasteiger partial charge in [-0.1, -0.05) is 169 Å². The molecular formula is C61H72BN3. The maximum absolute atomic E-state index is 2.89. The zero-order valence-corrected chi connectivity index (χ0v) is 42.2. The van der Waals surface area contributed by atoms with Gasteiger partial charge in [-0.15, -0.1) is 0 Å². The second kappa shape index (κ2) is 14.4. The Morgan fingerprint density at radius 2 is 1.05 bits per heavy atom. The van der Waals surface area contributed by atoms with Crippen molar-refractivity contribution < 1.29 is 0 Å². The van der Waals surface area contributed by atoms with Gasteiger partial charge in [-0.25, -0.2) is 0 Å². The van der Waals surface area contributed by atoms with Crippen molar-refractivity contribution in [3.05, 3.63) is 149 Å². The van der Waals surface area contributed by atoms with Crippen LogP contribution < -0.4 is 31.1 Å². The third kappa shape index (κ3) is 6.73. The Hall–Kier alpha value is -5.22. The molecule has 6 aromatic carbocycles. The lowest BCUT2D eigenvalue weighted by atomic mass is 9.33. The first-order valence-corrected chi connectivity index (χ1v) is 24.6. The number of rotatable bonds is 4. The van der Waals surface area contributed by atoms with E-state index in [1.165, 1.54) is 109 Å². The molecule has 1 fully saturated rings. The van der Waals surface area contributed by atoms with Gasteiger partial charge in [0, 0.05) is 45.2 Å². The summed E-state index contributed by atoms with van der Waals surface area (Å²) in [4.78, 5) is 8.08. The Morgan fingerprint density at radius 3 is 1.63 bits per heavy atom. The van der Waals surface area contributed by atoms with E-state index in [4.69, 9.17) is 0 Å². The van der Waals surface area contributed by atoms with Crippen molar-refractivity contribution in [3.63, 3.8) is 0 Å². The maximum Gasteiger partial charge on any atom is 0.252 e. The van der Waals surface area contributed by atoms with Crippen molar-refractivity contribution in [3.8, 4) is 0 Å². The fourth-order valence-electron chi connectivity index (χ4n) is 12.1. The van der Waals surface area contributed by atoms with Crippen molar-refractivity contribution in [1.82, 2.24) is 0 Å². The fraction of sp³-hybridized carbons (Fsp3) is 0.410. The van der Waals surface area contributed by atoms with Crippen molar-refractivity contribution in [2.24, 2.45) is 0 Å². The molecule has 1 aliphatic carbocycles. The third-order valence-corrected chi connectivity index (χ3v) is 16.2. The fourth-order valence-corrected chi connectivity index (χ4v) is 12.1. The van der Waals surface area contributed by atoms with Crippen LogP contribution in [0.3, 0.4) is 0 Å². The molecule has 0 spiro atoms. The van der Waals surface area contributed by atoms with Gasteiger partial charge in [-0.2, -0.15) is 0 Å². The third-order valence-electron chi connectivity index (χ3n) is 16.2. The van der Waals surface area contributed by atoms with E-state index in [2.05, 4.69) is 234 Å². The summed E-state index contributed by atoms with van der Waals surface area (Å²) < 4.78 is 0. The molecule has 3 aliphatic heterocycles. The number of aryl methyl sites for hydroxylation is 1. The minimum absolute atomic E-state index is 0.0105. The number of benzene rings is 6. The van der Waals surface area contributed by atoms with E-state index in [1.54, 1.807) is 5.56 Å². The molecular weight excluding hydrogens is 786 g/mol. The summed E-state index contributed by atoms with van der Waals surface area (Å²) in [6.45, 7) is 35.6. The maximum atomic E-state index is 2.89. The summed E-state index contributed by atoms with van der Waals surface area (Å²) in [6.07, 6.45) is 4.87. The average molecular weight is 858 g/mol. The molecule has 2 atom stereocenters. The first-order chi connectivity index (χ1) is 30.4. The number of fused-ring (bicyclic) bond motifs is 7. The van der Waals surface area contributed by atoms with Crippen LogP contribution in [0.4, 0.5) is 45.5 Å². The van der Waals surface area contributed by atoms with Crippen LogP contribution in [-0.2, 0) is 27.1 Å². The lowest BCUT2D eigenvalue weighted by molar-refractivity contribution is 0.195. The van der Waals surface area contributed by atoms with E-state index in [1.807, 2.05) is 0 Å². The second-order valence-corrected chi connectivity index (χ2v) is 24.8. The summed E-state index contributed by atoms with van der Waals surface area (Å²) in [5.41, 5.74) is 22.7. The van der Waals surface area contributed by atoms with Crippen molar-refractivity contribution in [2.45, 2.75) is 162 Å². The molecule has 10 rings (SSSR count).